The predicted octanol–water partition coefficient (Wildman–Crippen LogP) is 7.00. The molecule has 8 nitrogen and oxygen atoms in total. The van der Waals surface area contributed by atoms with Gasteiger partial charge in [0.2, 0.25) is 0 Å². The van der Waals surface area contributed by atoms with E-state index in [2.05, 4.69) is 20.8 Å². The molecule has 256 valence electrons. The maximum absolute atomic E-state index is 12.4. The standard InChI is InChI=1S/C36H64O8/c1-4-5-13-19-29(38)23-24-32-31(33(39)25-34(32)40)20-15-11-12-16-21-35(41)43-27-30(26-37)44-36(42)22-17-10-8-6-7-9-14-18-28(2)3/h23-24,28-32,34,37-38,40H,4-22,25-27H2,1-3H3/b24-23+/t29-,30-,31+,32+,34+/m0/s1. The quantitative estimate of drug-likeness (QED) is 0.0506. The first-order chi connectivity index (χ1) is 21.2. The maximum atomic E-state index is 12.4. The lowest BCUT2D eigenvalue weighted by atomic mass is 9.88. The summed E-state index contributed by atoms with van der Waals surface area (Å²) in [6.07, 6.45) is 19.0. The number of carbonyl (C=O) groups is 3. The molecule has 1 aliphatic carbocycles. The van der Waals surface area contributed by atoms with Crippen LogP contribution in [0.5, 0.6) is 0 Å². The van der Waals surface area contributed by atoms with Crippen molar-refractivity contribution >= 4 is 17.7 Å². The average Bonchev–Trinajstić information content (AvgIpc) is 3.26. The monoisotopic (exact) mass is 624 g/mol. The summed E-state index contributed by atoms with van der Waals surface area (Å²) >= 11 is 0. The van der Waals surface area contributed by atoms with Crippen molar-refractivity contribution in [3.8, 4) is 0 Å². The number of aliphatic hydroxyl groups is 3. The molecule has 0 saturated heterocycles. The molecule has 0 aliphatic heterocycles. The topological polar surface area (TPSA) is 130 Å². The van der Waals surface area contributed by atoms with E-state index in [4.69, 9.17) is 9.47 Å². The van der Waals surface area contributed by atoms with Crippen molar-refractivity contribution in [2.45, 2.75) is 167 Å². The fourth-order valence-corrected chi connectivity index (χ4v) is 5.87. The Hall–Kier alpha value is -1.77. The smallest absolute Gasteiger partial charge is 0.306 e. The molecule has 0 spiro atoms. The van der Waals surface area contributed by atoms with Gasteiger partial charge in [0, 0.05) is 31.1 Å². The van der Waals surface area contributed by atoms with Crippen LogP contribution >= 0.6 is 0 Å². The van der Waals surface area contributed by atoms with Crippen molar-refractivity contribution in [3.63, 3.8) is 0 Å². The van der Waals surface area contributed by atoms with E-state index < -0.39 is 24.9 Å². The van der Waals surface area contributed by atoms with Gasteiger partial charge in [-0.3, -0.25) is 14.4 Å². The normalized spacial score (nSPS) is 20.0. The number of esters is 2. The molecule has 1 rings (SSSR count). The van der Waals surface area contributed by atoms with Gasteiger partial charge < -0.3 is 24.8 Å². The summed E-state index contributed by atoms with van der Waals surface area (Å²) in [4.78, 5) is 36.7. The molecule has 3 N–H and O–H groups in total. The number of aliphatic hydroxyl groups excluding tert-OH is 3. The Bertz CT molecular complexity index is 795. The third kappa shape index (κ3) is 19.6. The minimum absolute atomic E-state index is 0.0817. The fraction of sp³-hybridized carbons (Fsp3) is 0.861. The molecular formula is C36H64O8. The zero-order valence-corrected chi connectivity index (χ0v) is 28.1. The van der Waals surface area contributed by atoms with Crippen LogP contribution in [-0.4, -0.2) is 64.6 Å². The van der Waals surface area contributed by atoms with Gasteiger partial charge in [-0.25, -0.2) is 0 Å². The Morgan fingerprint density at radius 2 is 1.45 bits per heavy atom. The van der Waals surface area contributed by atoms with E-state index in [1.54, 1.807) is 6.08 Å². The first-order valence-corrected chi connectivity index (χ1v) is 17.7. The minimum Gasteiger partial charge on any atom is -0.462 e. The number of carbonyl (C=O) groups excluding carboxylic acids is 3. The maximum Gasteiger partial charge on any atom is 0.306 e. The van der Waals surface area contributed by atoms with Gasteiger partial charge in [-0.1, -0.05) is 116 Å². The summed E-state index contributed by atoms with van der Waals surface area (Å²) in [6.45, 7) is 6.09. The van der Waals surface area contributed by atoms with Crippen molar-refractivity contribution in [2.75, 3.05) is 13.2 Å². The van der Waals surface area contributed by atoms with E-state index in [0.717, 1.165) is 63.7 Å². The minimum atomic E-state index is -0.842. The zero-order chi connectivity index (χ0) is 32.6. The Kier molecular flexibility index (Phi) is 23.3. The van der Waals surface area contributed by atoms with Crippen LogP contribution in [-0.2, 0) is 23.9 Å². The highest BCUT2D eigenvalue weighted by Gasteiger charge is 2.39. The predicted molar refractivity (Wildman–Crippen MR) is 174 cm³/mol. The third-order valence-electron chi connectivity index (χ3n) is 8.63. The molecule has 0 bridgehead atoms. The molecule has 5 atom stereocenters. The van der Waals surface area contributed by atoms with Crippen LogP contribution in [0.15, 0.2) is 12.2 Å². The van der Waals surface area contributed by atoms with E-state index in [0.29, 0.717) is 25.7 Å². The molecule has 0 aromatic carbocycles. The molecule has 44 heavy (non-hydrogen) atoms. The largest absolute Gasteiger partial charge is 0.462 e. The van der Waals surface area contributed by atoms with Crippen LogP contribution in [0.4, 0.5) is 0 Å². The van der Waals surface area contributed by atoms with Crippen LogP contribution in [0.25, 0.3) is 0 Å². The van der Waals surface area contributed by atoms with Gasteiger partial charge in [-0.05, 0) is 31.6 Å². The summed E-state index contributed by atoms with van der Waals surface area (Å²) in [5.41, 5.74) is 0. The Balaban J connectivity index is 2.15. The number of rotatable bonds is 27. The molecule has 0 aromatic heterocycles. The molecule has 0 unspecified atom stereocenters. The SMILES string of the molecule is CCCCC[C@H](O)/C=C/[C@H]1[C@H](O)CC(=O)[C@@H]1CCCCCCC(=O)OC[C@H](CO)OC(=O)CCCCCCCCCC(C)C. The summed E-state index contributed by atoms with van der Waals surface area (Å²) in [5, 5.41) is 30.1. The Morgan fingerprint density at radius 1 is 0.864 bits per heavy atom. The van der Waals surface area contributed by atoms with Crippen molar-refractivity contribution in [1.29, 1.82) is 0 Å². The molecule has 1 aliphatic rings. The van der Waals surface area contributed by atoms with Gasteiger partial charge in [0.05, 0.1) is 18.8 Å². The van der Waals surface area contributed by atoms with E-state index in [1.807, 2.05) is 6.08 Å². The number of Topliss-reactive ketones (excluding diaryl/α,β-unsaturated/α-hetero) is 1. The van der Waals surface area contributed by atoms with E-state index in [1.165, 1.54) is 32.1 Å². The van der Waals surface area contributed by atoms with Crippen LogP contribution in [0.1, 0.15) is 149 Å². The van der Waals surface area contributed by atoms with Gasteiger partial charge in [0.25, 0.3) is 0 Å². The fourth-order valence-electron chi connectivity index (χ4n) is 5.87. The number of hydrogen-bond donors (Lipinski definition) is 3. The van der Waals surface area contributed by atoms with Gasteiger partial charge >= 0.3 is 11.9 Å². The molecule has 1 fully saturated rings. The Labute approximate surface area is 267 Å². The van der Waals surface area contributed by atoms with Gasteiger partial charge in [-0.15, -0.1) is 0 Å². The highest BCUT2D eigenvalue weighted by molar-refractivity contribution is 5.84. The molecular weight excluding hydrogens is 560 g/mol. The number of ketones is 1. The van der Waals surface area contributed by atoms with E-state index >= 15 is 0 Å². The molecule has 0 radical (unpaired) electrons. The molecule has 1 saturated carbocycles. The van der Waals surface area contributed by atoms with Gasteiger partial charge in [0.1, 0.15) is 12.4 Å². The lowest BCUT2D eigenvalue weighted by Crippen LogP contribution is -2.28. The third-order valence-corrected chi connectivity index (χ3v) is 8.63. The summed E-state index contributed by atoms with van der Waals surface area (Å²) in [6, 6.07) is 0. The molecule has 0 heterocycles. The summed E-state index contributed by atoms with van der Waals surface area (Å²) < 4.78 is 10.5. The summed E-state index contributed by atoms with van der Waals surface area (Å²) in [5.74, 6) is -0.377. The second kappa shape index (κ2) is 25.4. The van der Waals surface area contributed by atoms with E-state index in [-0.39, 0.29) is 49.0 Å². The average molecular weight is 625 g/mol. The number of unbranched alkanes of at least 4 members (excludes halogenated alkanes) is 11. The van der Waals surface area contributed by atoms with Crippen molar-refractivity contribution in [1.82, 2.24) is 0 Å². The second-order valence-corrected chi connectivity index (χ2v) is 13.2. The highest BCUT2D eigenvalue weighted by Crippen LogP contribution is 2.34. The first kappa shape index (κ1) is 40.3. The van der Waals surface area contributed by atoms with Crippen molar-refractivity contribution in [3.05, 3.63) is 12.2 Å². The first-order valence-electron chi connectivity index (χ1n) is 17.7. The molecule has 8 heteroatoms. The van der Waals surface area contributed by atoms with Gasteiger partial charge in [0.15, 0.2) is 6.10 Å². The highest BCUT2D eigenvalue weighted by atomic mass is 16.6. The lowest BCUT2D eigenvalue weighted by Gasteiger charge is -2.18. The second-order valence-electron chi connectivity index (χ2n) is 13.2. The lowest BCUT2D eigenvalue weighted by molar-refractivity contribution is -0.161. The number of hydrogen-bond acceptors (Lipinski definition) is 8. The van der Waals surface area contributed by atoms with Gasteiger partial charge in [-0.2, -0.15) is 0 Å². The zero-order valence-electron chi connectivity index (χ0n) is 28.1. The van der Waals surface area contributed by atoms with Crippen LogP contribution in [0.3, 0.4) is 0 Å². The van der Waals surface area contributed by atoms with Crippen LogP contribution in [0, 0.1) is 17.8 Å². The van der Waals surface area contributed by atoms with Crippen molar-refractivity contribution < 1.29 is 39.2 Å². The van der Waals surface area contributed by atoms with Crippen LogP contribution in [0.2, 0.25) is 0 Å². The Morgan fingerprint density at radius 3 is 2.09 bits per heavy atom. The van der Waals surface area contributed by atoms with Crippen LogP contribution < -0.4 is 0 Å². The van der Waals surface area contributed by atoms with Crippen molar-refractivity contribution in [2.24, 2.45) is 17.8 Å². The summed E-state index contributed by atoms with van der Waals surface area (Å²) in [7, 11) is 0. The molecule has 0 amide bonds. The van der Waals surface area contributed by atoms with E-state index in [9.17, 15) is 29.7 Å². The molecule has 0 aromatic rings. The number of ether oxygens (including phenoxy) is 2.